The Morgan fingerprint density at radius 2 is 1.45 bits per heavy atom. The molecule has 0 N–H and O–H groups in total. The van der Waals surface area contributed by atoms with Gasteiger partial charge in [-0.25, -0.2) is 4.79 Å². The maximum absolute atomic E-state index is 12.8. The molecule has 0 aliphatic heterocycles. The number of nitro benzene ring substituents is 1. The monoisotopic (exact) mass is 645 g/mol. The number of hydrogen-bond acceptors (Lipinski definition) is 5. The Bertz CT molecular complexity index is 2010. The van der Waals surface area contributed by atoms with Gasteiger partial charge in [-0.1, -0.05) is 108 Å². The summed E-state index contributed by atoms with van der Waals surface area (Å²) < 4.78 is 11.8. The minimum absolute atomic E-state index is 0.0453. The predicted octanol–water partition coefficient (Wildman–Crippen LogP) is 10.2. The van der Waals surface area contributed by atoms with Crippen LogP contribution in [0.25, 0.3) is 21.9 Å². The van der Waals surface area contributed by atoms with E-state index in [1.165, 1.54) is 35.4 Å². The van der Waals surface area contributed by atoms with Gasteiger partial charge in [0, 0.05) is 28.5 Å². The fourth-order valence-electron chi connectivity index (χ4n) is 5.08. The number of non-ortho nitro benzene ring substituents is 1. The fourth-order valence-corrected chi connectivity index (χ4v) is 5.27. The van der Waals surface area contributed by atoms with Crippen molar-refractivity contribution in [2.75, 3.05) is 0 Å². The maximum Gasteiger partial charge on any atom is 0.390 e. The van der Waals surface area contributed by atoms with Crippen LogP contribution in [-0.2, 0) is 22.2 Å². The van der Waals surface area contributed by atoms with Crippen molar-refractivity contribution in [1.82, 2.24) is 0 Å². The summed E-state index contributed by atoms with van der Waals surface area (Å²) in [6.45, 7) is 13.5. The number of carbonyl (C=O) groups excluding carboxylic acids is 1. The molecule has 0 spiro atoms. The van der Waals surface area contributed by atoms with Crippen LogP contribution in [0.5, 0.6) is 11.5 Å². The van der Waals surface area contributed by atoms with E-state index in [9.17, 15) is 14.9 Å². The minimum atomic E-state index is -0.805. The predicted molar refractivity (Wildman–Crippen MR) is 188 cm³/mol. The van der Waals surface area contributed by atoms with Gasteiger partial charge in [-0.05, 0) is 80.4 Å². The van der Waals surface area contributed by atoms with Gasteiger partial charge in [0.1, 0.15) is 18.1 Å². The molecular weight excluding hydrogens is 610 g/mol. The van der Waals surface area contributed by atoms with Crippen LogP contribution in [0.2, 0.25) is 5.02 Å². The van der Waals surface area contributed by atoms with Gasteiger partial charge in [0.05, 0.1) is 10.5 Å². The molecule has 0 atom stereocenters. The van der Waals surface area contributed by atoms with E-state index in [0.29, 0.717) is 22.9 Å². The molecule has 0 saturated heterocycles. The summed E-state index contributed by atoms with van der Waals surface area (Å²) >= 11 is 6.30. The van der Waals surface area contributed by atoms with Crippen molar-refractivity contribution in [2.24, 2.45) is 0 Å². The Balaban J connectivity index is 1.55. The van der Waals surface area contributed by atoms with E-state index >= 15 is 0 Å². The van der Waals surface area contributed by atoms with Crippen molar-refractivity contribution in [3.05, 3.63) is 134 Å². The summed E-state index contributed by atoms with van der Waals surface area (Å²) in [4.78, 5) is 23.3. The minimum Gasteiger partial charge on any atom is -0.488 e. The SMILES string of the molecule is CC(C)(C)c1cc(COc2ccc3ccc(-c4cccc(Cl)c4)cc3c2C#CC(=O)Oc2ccc([N+](=O)[O-])cc2)cc(C(C)(C)C)c1. The molecule has 238 valence electrons. The Morgan fingerprint density at radius 1 is 0.809 bits per heavy atom. The Labute approximate surface area is 280 Å². The summed E-state index contributed by atoms with van der Waals surface area (Å²) in [7, 11) is 0. The average Bonchev–Trinajstić information content (AvgIpc) is 3.02. The standard InChI is InChI=1S/C40H36ClNO5/c1-39(2,3)30-20-26(21-31(24-30)40(4,5)6)25-46-37-18-12-27-10-11-29(28-8-7-9-32(41)22-28)23-36(27)35(37)17-19-38(43)47-34-15-13-33(14-16-34)42(44)45/h7-16,18,20-24H,25H2,1-6H3. The van der Waals surface area contributed by atoms with Crippen molar-refractivity contribution < 1.29 is 19.2 Å². The number of ether oxygens (including phenoxy) is 2. The molecular formula is C40H36ClNO5. The normalized spacial score (nSPS) is 11.5. The lowest BCUT2D eigenvalue weighted by Crippen LogP contribution is -2.17. The van der Waals surface area contributed by atoms with Gasteiger partial charge < -0.3 is 9.47 Å². The number of halogens is 1. The van der Waals surface area contributed by atoms with Gasteiger partial charge >= 0.3 is 5.97 Å². The van der Waals surface area contributed by atoms with Gasteiger partial charge in [-0.2, -0.15) is 0 Å². The lowest BCUT2D eigenvalue weighted by molar-refractivity contribution is -0.384. The van der Waals surface area contributed by atoms with E-state index in [2.05, 4.69) is 71.6 Å². The molecule has 47 heavy (non-hydrogen) atoms. The van der Waals surface area contributed by atoms with Crippen LogP contribution >= 0.6 is 11.6 Å². The molecule has 0 saturated carbocycles. The Hall–Kier alpha value is -5.12. The first-order chi connectivity index (χ1) is 22.2. The highest BCUT2D eigenvalue weighted by atomic mass is 35.5. The quantitative estimate of drug-likeness (QED) is 0.0603. The molecule has 0 amide bonds. The number of fused-ring (bicyclic) bond motifs is 1. The topological polar surface area (TPSA) is 78.7 Å². The first-order valence-corrected chi connectivity index (χ1v) is 15.6. The molecule has 7 heteroatoms. The summed E-state index contributed by atoms with van der Waals surface area (Å²) in [6.07, 6.45) is 0. The number of nitro groups is 1. The number of benzene rings is 5. The molecule has 0 bridgehead atoms. The van der Waals surface area contributed by atoms with Gasteiger partial charge in [0.2, 0.25) is 0 Å². The first kappa shape index (κ1) is 33.2. The van der Waals surface area contributed by atoms with Gasteiger partial charge in [-0.3, -0.25) is 10.1 Å². The van der Waals surface area contributed by atoms with Crippen LogP contribution in [0.15, 0.2) is 97.1 Å². The van der Waals surface area contributed by atoms with E-state index in [1.54, 1.807) is 0 Å². The van der Waals surface area contributed by atoms with Crippen molar-refractivity contribution in [1.29, 1.82) is 0 Å². The number of hydrogen-bond donors (Lipinski definition) is 0. The smallest absolute Gasteiger partial charge is 0.390 e. The summed E-state index contributed by atoms with van der Waals surface area (Å²) in [5.41, 5.74) is 5.70. The van der Waals surface area contributed by atoms with Gasteiger partial charge in [0.15, 0.2) is 0 Å². The Kier molecular flexibility index (Phi) is 9.42. The van der Waals surface area contributed by atoms with E-state index < -0.39 is 10.9 Å². The molecule has 0 heterocycles. The molecule has 0 aromatic heterocycles. The highest BCUT2D eigenvalue weighted by Crippen LogP contribution is 2.34. The van der Waals surface area contributed by atoms with Crippen LogP contribution in [0.4, 0.5) is 5.69 Å². The Morgan fingerprint density at radius 3 is 2.06 bits per heavy atom. The van der Waals surface area contributed by atoms with Gasteiger partial charge in [-0.15, -0.1) is 0 Å². The third-order valence-corrected chi connectivity index (χ3v) is 8.04. The maximum atomic E-state index is 12.8. The van der Waals surface area contributed by atoms with Crippen LogP contribution in [0, 0.1) is 22.0 Å². The second kappa shape index (κ2) is 13.3. The zero-order valence-electron chi connectivity index (χ0n) is 27.3. The average molecular weight is 646 g/mol. The van der Waals surface area contributed by atoms with E-state index in [0.717, 1.165) is 27.5 Å². The zero-order chi connectivity index (χ0) is 33.9. The van der Waals surface area contributed by atoms with Crippen molar-refractivity contribution in [3.63, 3.8) is 0 Å². The number of esters is 1. The van der Waals surface area contributed by atoms with E-state index in [1.807, 2.05) is 54.6 Å². The van der Waals surface area contributed by atoms with Crippen molar-refractivity contribution in [3.8, 4) is 34.5 Å². The number of rotatable bonds is 6. The number of carbonyl (C=O) groups is 1. The number of nitrogens with zero attached hydrogens (tertiary/aromatic N) is 1. The molecule has 5 aromatic rings. The molecule has 5 rings (SSSR count). The lowest BCUT2D eigenvalue weighted by atomic mass is 9.79. The van der Waals surface area contributed by atoms with E-state index in [-0.39, 0.29) is 22.3 Å². The first-order valence-electron chi connectivity index (χ1n) is 15.3. The third-order valence-electron chi connectivity index (χ3n) is 7.81. The van der Waals surface area contributed by atoms with Gasteiger partial charge in [0.25, 0.3) is 5.69 Å². The molecule has 0 aliphatic carbocycles. The molecule has 0 unspecified atom stereocenters. The van der Waals surface area contributed by atoms with Crippen LogP contribution in [0.3, 0.4) is 0 Å². The molecule has 0 aliphatic rings. The summed E-state index contributed by atoms with van der Waals surface area (Å²) in [6, 6.07) is 29.3. The third kappa shape index (κ3) is 8.19. The lowest BCUT2D eigenvalue weighted by Gasteiger charge is -2.26. The highest BCUT2D eigenvalue weighted by molar-refractivity contribution is 6.30. The molecule has 0 fully saturated rings. The summed E-state index contributed by atoms with van der Waals surface area (Å²) in [5, 5.41) is 13.3. The zero-order valence-corrected chi connectivity index (χ0v) is 28.1. The highest BCUT2D eigenvalue weighted by Gasteiger charge is 2.21. The summed E-state index contributed by atoms with van der Waals surface area (Å²) in [5.74, 6) is 5.49. The van der Waals surface area contributed by atoms with Crippen LogP contribution in [-0.4, -0.2) is 10.9 Å². The molecule has 5 aromatic carbocycles. The van der Waals surface area contributed by atoms with Crippen LogP contribution < -0.4 is 9.47 Å². The van der Waals surface area contributed by atoms with Crippen molar-refractivity contribution >= 4 is 34.0 Å². The van der Waals surface area contributed by atoms with E-state index in [4.69, 9.17) is 21.1 Å². The molecule has 6 nitrogen and oxygen atoms in total. The largest absolute Gasteiger partial charge is 0.488 e. The fraction of sp³-hybridized carbons (Fsp3) is 0.225. The van der Waals surface area contributed by atoms with Crippen molar-refractivity contribution in [2.45, 2.75) is 59.0 Å². The van der Waals surface area contributed by atoms with Crippen LogP contribution in [0.1, 0.15) is 63.8 Å². The molecule has 0 radical (unpaired) electrons. The second-order valence-corrected chi connectivity index (χ2v) is 13.9. The second-order valence-electron chi connectivity index (χ2n) is 13.5.